The van der Waals surface area contributed by atoms with Gasteiger partial charge in [-0.25, -0.2) is 0 Å². The van der Waals surface area contributed by atoms with E-state index in [9.17, 15) is 35.9 Å². The van der Waals surface area contributed by atoms with E-state index in [2.05, 4.69) is 0 Å². The van der Waals surface area contributed by atoms with Crippen LogP contribution < -0.4 is 11.1 Å². The first-order chi connectivity index (χ1) is 12.8. The Balaban J connectivity index is 2.20. The molecule has 1 heterocycles. The van der Waals surface area contributed by atoms with Crippen LogP contribution in [0.5, 0.6) is 0 Å². The largest absolute Gasteiger partial charge is 0.418 e. The van der Waals surface area contributed by atoms with E-state index in [4.69, 9.17) is 5.73 Å². The third kappa shape index (κ3) is 5.27. The van der Waals surface area contributed by atoms with Crippen molar-refractivity contribution >= 4 is 23.2 Å². The van der Waals surface area contributed by atoms with Crippen molar-refractivity contribution in [1.29, 1.82) is 0 Å². The average Bonchev–Trinajstić information content (AvgIpc) is 2.55. The number of anilines is 2. The molecule has 0 unspecified atom stereocenters. The van der Waals surface area contributed by atoms with Crippen LogP contribution in [0.1, 0.15) is 17.5 Å². The number of carbonyl (C=O) groups excluding carboxylic acids is 2. The SMILES string of the molecule is CN1CCN(C(=O)CC(=O)Nc2cc(C(F)(F)F)cc(C(F)(F)F)c2N)CC1. The Kier molecular flexibility index (Phi) is 6.12. The zero-order valence-corrected chi connectivity index (χ0v) is 14.7. The van der Waals surface area contributed by atoms with Gasteiger partial charge in [0.25, 0.3) is 0 Å². The van der Waals surface area contributed by atoms with E-state index in [1.165, 1.54) is 4.90 Å². The van der Waals surface area contributed by atoms with Gasteiger partial charge >= 0.3 is 12.4 Å². The summed E-state index contributed by atoms with van der Waals surface area (Å²) in [5.74, 6) is -1.63. The summed E-state index contributed by atoms with van der Waals surface area (Å²) >= 11 is 0. The minimum atomic E-state index is -5.15. The molecule has 12 heteroatoms. The Morgan fingerprint density at radius 3 is 2.11 bits per heavy atom. The maximum absolute atomic E-state index is 13.0. The Hall–Kier alpha value is -2.50. The highest BCUT2D eigenvalue weighted by Gasteiger charge is 2.39. The number of alkyl halides is 6. The smallest absolute Gasteiger partial charge is 0.397 e. The van der Waals surface area contributed by atoms with Gasteiger partial charge in [0, 0.05) is 26.2 Å². The molecular weight excluding hydrogens is 394 g/mol. The second-order valence-electron chi connectivity index (χ2n) is 6.39. The Morgan fingerprint density at radius 2 is 1.61 bits per heavy atom. The lowest BCUT2D eigenvalue weighted by atomic mass is 10.1. The van der Waals surface area contributed by atoms with Crippen LogP contribution in [0, 0.1) is 0 Å². The fraction of sp³-hybridized carbons (Fsp3) is 0.500. The normalized spacial score (nSPS) is 16.2. The molecule has 2 amide bonds. The third-order valence-electron chi connectivity index (χ3n) is 4.25. The summed E-state index contributed by atoms with van der Waals surface area (Å²) in [6.45, 7) is 1.91. The highest BCUT2D eigenvalue weighted by atomic mass is 19.4. The van der Waals surface area contributed by atoms with Crippen molar-refractivity contribution in [3.63, 3.8) is 0 Å². The summed E-state index contributed by atoms with van der Waals surface area (Å²) in [5, 5.41) is 1.89. The first kappa shape index (κ1) is 21.8. The minimum Gasteiger partial charge on any atom is -0.397 e. The molecule has 1 aliphatic rings. The van der Waals surface area contributed by atoms with Gasteiger partial charge in [-0.15, -0.1) is 0 Å². The lowest BCUT2D eigenvalue weighted by Gasteiger charge is -2.32. The number of rotatable bonds is 3. The van der Waals surface area contributed by atoms with Gasteiger partial charge in [0.1, 0.15) is 6.42 Å². The van der Waals surface area contributed by atoms with Crippen molar-refractivity contribution in [2.75, 3.05) is 44.3 Å². The van der Waals surface area contributed by atoms with Crippen molar-refractivity contribution < 1.29 is 35.9 Å². The van der Waals surface area contributed by atoms with Crippen molar-refractivity contribution in [1.82, 2.24) is 9.80 Å². The van der Waals surface area contributed by atoms with Crippen LogP contribution in [0.15, 0.2) is 12.1 Å². The summed E-state index contributed by atoms with van der Waals surface area (Å²) in [4.78, 5) is 27.5. The van der Waals surface area contributed by atoms with Crippen LogP contribution >= 0.6 is 0 Å². The molecule has 0 aromatic heterocycles. The number of likely N-dealkylation sites (N-methyl/N-ethyl adjacent to an activating group) is 1. The van der Waals surface area contributed by atoms with E-state index in [1.54, 1.807) is 0 Å². The second kappa shape index (κ2) is 7.86. The first-order valence-corrected chi connectivity index (χ1v) is 8.13. The van der Waals surface area contributed by atoms with Crippen LogP contribution in [0.2, 0.25) is 0 Å². The third-order valence-corrected chi connectivity index (χ3v) is 4.25. The number of nitrogens with two attached hydrogens (primary N) is 1. The van der Waals surface area contributed by atoms with Gasteiger partial charge in [0.05, 0.1) is 22.5 Å². The van der Waals surface area contributed by atoms with Crippen LogP contribution in [0.4, 0.5) is 37.7 Å². The van der Waals surface area contributed by atoms with Gasteiger partial charge in [0.15, 0.2) is 0 Å². The Labute approximate surface area is 156 Å². The van der Waals surface area contributed by atoms with E-state index in [1.807, 2.05) is 17.3 Å². The minimum absolute atomic E-state index is 0.125. The molecule has 3 N–H and O–H groups in total. The highest BCUT2D eigenvalue weighted by Crippen LogP contribution is 2.42. The molecule has 1 fully saturated rings. The summed E-state index contributed by atoms with van der Waals surface area (Å²) < 4.78 is 77.7. The molecule has 28 heavy (non-hydrogen) atoms. The number of hydrogen-bond acceptors (Lipinski definition) is 4. The van der Waals surface area contributed by atoms with E-state index >= 15 is 0 Å². The topological polar surface area (TPSA) is 78.7 Å². The number of carbonyl (C=O) groups is 2. The number of amides is 2. The number of benzene rings is 1. The fourth-order valence-corrected chi connectivity index (χ4v) is 2.65. The van der Waals surface area contributed by atoms with Gasteiger partial charge in [-0.2, -0.15) is 26.3 Å². The number of nitrogens with one attached hydrogen (secondary N) is 1. The number of hydrogen-bond donors (Lipinski definition) is 2. The summed E-state index contributed by atoms with van der Waals surface area (Å²) in [6, 6.07) is 0.184. The zero-order valence-electron chi connectivity index (χ0n) is 14.7. The Morgan fingerprint density at radius 1 is 1.04 bits per heavy atom. The van der Waals surface area contributed by atoms with Gasteiger partial charge < -0.3 is 20.9 Å². The molecule has 6 nitrogen and oxygen atoms in total. The van der Waals surface area contributed by atoms with Gasteiger partial charge in [-0.05, 0) is 19.2 Å². The monoisotopic (exact) mass is 412 g/mol. The average molecular weight is 412 g/mol. The van der Waals surface area contributed by atoms with E-state index in [0.717, 1.165) is 0 Å². The van der Waals surface area contributed by atoms with Crippen molar-refractivity contribution in [2.24, 2.45) is 0 Å². The molecule has 156 valence electrons. The van der Waals surface area contributed by atoms with Crippen LogP contribution in [0.3, 0.4) is 0 Å². The molecule has 0 bridgehead atoms. The molecule has 1 aromatic rings. The van der Waals surface area contributed by atoms with Crippen molar-refractivity contribution in [2.45, 2.75) is 18.8 Å². The molecule has 0 atom stereocenters. The van der Waals surface area contributed by atoms with E-state index < -0.39 is 53.1 Å². The Bertz CT molecular complexity index is 755. The summed E-state index contributed by atoms with van der Waals surface area (Å²) in [6.07, 6.45) is -11.0. The summed E-state index contributed by atoms with van der Waals surface area (Å²) in [7, 11) is 1.85. The number of nitrogen functional groups attached to an aromatic ring is 1. The van der Waals surface area contributed by atoms with Gasteiger partial charge in [0.2, 0.25) is 11.8 Å². The molecule has 0 radical (unpaired) electrons. The number of piperazine rings is 1. The molecule has 1 saturated heterocycles. The van der Waals surface area contributed by atoms with Gasteiger partial charge in [-0.3, -0.25) is 9.59 Å². The predicted octanol–water partition coefficient (Wildman–Crippen LogP) is 2.41. The number of nitrogens with zero attached hydrogens (tertiary/aromatic N) is 2. The van der Waals surface area contributed by atoms with Crippen molar-refractivity contribution in [3.05, 3.63) is 23.3 Å². The van der Waals surface area contributed by atoms with Crippen molar-refractivity contribution in [3.8, 4) is 0 Å². The lowest BCUT2D eigenvalue weighted by molar-refractivity contribution is -0.143. The fourth-order valence-electron chi connectivity index (χ4n) is 2.65. The van der Waals surface area contributed by atoms with Gasteiger partial charge in [-0.1, -0.05) is 0 Å². The molecule has 1 aliphatic heterocycles. The van der Waals surface area contributed by atoms with E-state index in [0.29, 0.717) is 32.2 Å². The molecule has 2 rings (SSSR count). The summed E-state index contributed by atoms with van der Waals surface area (Å²) in [5.41, 5.74) is 0.0770. The first-order valence-electron chi connectivity index (χ1n) is 8.13. The van der Waals surface area contributed by atoms with Crippen LogP contribution in [-0.2, 0) is 21.9 Å². The highest BCUT2D eigenvalue weighted by molar-refractivity contribution is 6.05. The molecule has 0 aliphatic carbocycles. The van der Waals surface area contributed by atoms with Crippen LogP contribution in [0.25, 0.3) is 0 Å². The van der Waals surface area contributed by atoms with E-state index in [-0.39, 0.29) is 6.07 Å². The molecule has 1 aromatic carbocycles. The number of halogens is 6. The molecule has 0 saturated carbocycles. The molecular formula is C16H18F6N4O2. The maximum Gasteiger partial charge on any atom is 0.418 e. The molecule has 0 spiro atoms. The quantitative estimate of drug-likeness (QED) is 0.454. The zero-order chi connectivity index (χ0) is 21.3. The predicted molar refractivity (Wildman–Crippen MR) is 88.2 cm³/mol. The standard InChI is InChI=1S/C16H18F6N4O2/c1-25-2-4-26(5-3-25)13(28)8-12(27)24-11-7-9(15(17,18)19)6-10(14(11)23)16(20,21)22/h6-7H,2-5,8,23H2,1H3,(H,24,27). The second-order valence-corrected chi connectivity index (χ2v) is 6.39. The lowest BCUT2D eigenvalue weighted by Crippen LogP contribution is -2.47. The maximum atomic E-state index is 13.0. The van der Waals surface area contributed by atoms with Crippen LogP contribution in [-0.4, -0.2) is 54.8 Å².